The van der Waals surface area contributed by atoms with E-state index in [0.29, 0.717) is 21.7 Å². The standard InChI is InChI=1S/C25H22N6O3S/c1-3-30-23(33)17-11-7-8-12-18(17)31(25(30)34)15-19(32)27-24-28-20(16-9-5-4-6-10-16)21(35-24)22-26-13-14-29(22)2/h4-14H,3,15H2,1-2H3,(H,27,28,32). The second kappa shape index (κ2) is 9.15. The van der Waals surface area contributed by atoms with Gasteiger partial charge in [0.25, 0.3) is 5.56 Å². The zero-order chi connectivity index (χ0) is 24.5. The molecule has 10 heteroatoms. The zero-order valence-corrected chi connectivity index (χ0v) is 20.0. The normalized spacial score (nSPS) is 11.1. The molecule has 1 N–H and O–H groups in total. The van der Waals surface area contributed by atoms with Crippen LogP contribution in [0.25, 0.3) is 32.9 Å². The first-order valence-corrected chi connectivity index (χ1v) is 11.9. The smallest absolute Gasteiger partial charge is 0.331 e. The van der Waals surface area contributed by atoms with E-state index in [4.69, 9.17) is 0 Å². The summed E-state index contributed by atoms with van der Waals surface area (Å²) in [7, 11) is 1.90. The average molecular weight is 487 g/mol. The lowest BCUT2D eigenvalue weighted by Crippen LogP contribution is -2.41. The second-order valence-corrected chi connectivity index (χ2v) is 8.91. The molecule has 1 amide bonds. The minimum absolute atomic E-state index is 0.212. The predicted octanol–water partition coefficient (Wildman–Crippen LogP) is 3.35. The molecule has 9 nitrogen and oxygen atoms in total. The molecule has 0 fully saturated rings. The van der Waals surface area contributed by atoms with E-state index in [9.17, 15) is 14.4 Å². The number of aromatic nitrogens is 5. The molecule has 0 atom stereocenters. The number of carbonyl (C=O) groups is 1. The van der Waals surface area contributed by atoms with Gasteiger partial charge in [0, 0.05) is 31.5 Å². The number of carbonyl (C=O) groups excluding carboxylic acids is 1. The van der Waals surface area contributed by atoms with Crippen molar-refractivity contribution in [1.29, 1.82) is 0 Å². The van der Waals surface area contributed by atoms with Crippen LogP contribution in [0.15, 0.2) is 76.6 Å². The number of rotatable bonds is 6. The van der Waals surface area contributed by atoms with Gasteiger partial charge < -0.3 is 9.88 Å². The Hall–Kier alpha value is -4.31. The van der Waals surface area contributed by atoms with Gasteiger partial charge in [-0.15, -0.1) is 0 Å². The SMILES string of the molecule is CCn1c(=O)c2ccccc2n(CC(=O)Nc2nc(-c3ccccc3)c(-c3nccn3C)s2)c1=O. The van der Waals surface area contributed by atoms with Crippen molar-refractivity contribution in [3.63, 3.8) is 0 Å². The van der Waals surface area contributed by atoms with Crippen LogP contribution in [0.2, 0.25) is 0 Å². The largest absolute Gasteiger partial charge is 0.333 e. The first-order chi connectivity index (χ1) is 17.0. The minimum atomic E-state index is -0.524. The third kappa shape index (κ3) is 4.08. The van der Waals surface area contributed by atoms with Crippen molar-refractivity contribution in [2.24, 2.45) is 7.05 Å². The van der Waals surface area contributed by atoms with E-state index < -0.39 is 11.6 Å². The van der Waals surface area contributed by atoms with Crippen LogP contribution in [0.3, 0.4) is 0 Å². The molecule has 0 saturated carbocycles. The third-order valence-corrected chi connectivity index (χ3v) is 6.66. The summed E-state index contributed by atoms with van der Waals surface area (Å²) in [5, 5.41) is 3.62. The minimum Gasteiger partial charge on any atom is -0.333 e. The molecule has 0 aliphatic carbocycles. The molecule has 3 aromatic heterocycles. The number of hydrogen-bond donors (Lipinski definition) is 1. The molecule has 0 bridgehead atoms. The van der Waals surface area contributed by atoms with Crippen molar-refractivity contribution in [3.05, 3.63) is 87.8 Å². The van der Waals surface area contributed by atoms with E-state index in [-0.39, 0.29) is 18.6 Å². The van der Waals surface area contributed by atoms with E-state index >= 15 is 0 Å². The van der Waals surface area contributed by atoms with Crippen LogP contribution in [0.5, 0.6) is 0 Å². The zero-order valence-electron chi connectivity index (χ0n) is 19.1. The summed E-state index contributed by atoms with van der Waals surface area (Å²) < 4.78 is 4.35. The lowest BCUT2D eigenvalue weighted by atomic mass is 10.1. The van der Waals surface area contributed by atoms with Gasteiger partial charge in [-0.1, -0.05) is 53.8 Å². The Morgan fingerprint density at radius 1 is 1.03 bits per heavy atom. The van der Waals surface area contributed by atoms with Crippen molar-refractivity contribution in [3.8, 4) is 22.0 Å². The van der Waals surface area contributed by atoms with Crippen molar-refractivity contribution < 1.29 is 4.79 Å². The molecular formula is C25H22N6O3S. The van der Waals surface area contributed by atoms with Gasteiger partial charge in [-0.2, -0.15) is 0 Å². The number of nitrogens with zero attached hydrogens (tertiary/aromatic N) is 5. The number of anilines is 1. The van der Waals surface area contributed by atoms with Crippen LogP contribution in [0.1, 0.15) is 6.92 Å². The predicted molar refractivity (Wildman–Crippen MR) is 137 cm³/mol. The summed E-state index contributed by atoms with van der Waals surface area (Å²) in [6, 6.07) is 16.5. The highest BCUT2D eigenvalue weighted by atomic mass is 32.1. The van der Waals surface area contributed by atoms with E-state index in [2.05, 4.69) is 15.3 Å². The molecule has 0 aliphatic rings. The Morgan fingerprint density at radius 2 is 1.77 bits per heavy atom. The van der Waals surface area contributed by atoms with Crippen LogP contribution in [-0.2, 0) is 24.9 Å². The Kier molecular flexibility index (Phi) is 5.87. The lowest BCUT2D eigenvalue weighted by Gasteiger charge is -2.12. The number of amides is 1. The van der Waals surface area contributed by atoms with E-state index in [1.54, 1.807) is 37.4 Å². The molecule has 0 unspecified atom stereocenters. The summed E-state index contributed by atoms with van der Waals surface area (Å²) >= 11 is 1.31. The maximum Gasteiger partial charge on any atom is 0.331 e. The average Bonchev–Trinajstić information content (AvgIpc) is 3.48. The molecule has 0 radical (unpaired) electrons. The molecule has 5 rings (SSSR count). The van der Waals surface area contributed by atoms with Gasteiger partial charge in [-0.25, -0.2) is 14.8 Å². The molecule has 5 aromatic rings. The number of fused-ring (bicyclic) bond motifs is 1. The van der Waals surface area contributed by atoms with Gasteiger partial charge >= 0.3 is 5.69 Å². The van der Waals surface area contributed by atoms with Crippen molar-refractivity contribution in [2.45, 2.75) is 20.0 Å². The highest BCUT2D eigenvalue weighted by Crippen LogP contribution is 2.38. The quantitative estimate of drug-likeness (QED) is 0.396. The lowest BCUT2D eigenvalue weighted by molar-refractivity contribution is -0.116. The number of thiazole rings is 1. The number of para-hydroxylation sites is 1. The topological polar surface area (TPSA) is 104 Å². The first kappa shape index (κ1) is 22.5. The highest BCUT2D eigenvalue weighted by molar-refractivity contribution is 7.19. The molecule has 0 aliphatic heterocycles. The summed E-state index contributed by atoms with van der Waals surface area (Å²) in [5.74, 6) is 0.317. The fourth-order valence-electron chi connectivity index (χ4n) is 4.01. The molecule has 0 spiro atoms. The van der Waals surface area contributed by atoms with Crippen LogP contribution in [-0.4, -0.2) is 29.6 Å². The number of imidazole rings is 1. The number of aryl methyl sites for hydroxylation is 1. The van der Waals surface area contributed by atoms with Gasteiger partial charge in [0.1, 0.15) is 6.54 Å². The van der Waals surface area contributed by atoms with Crippen LogP contribution in [0.4, 0.5) is 5.13 Å². The third-order valence-electron chi connectivity index (χ3n) is 5.70. The van der Waals surface area contributed by atoms with Gasteiger partial charge in [0.2, 0.25) is 5.91 Å². The van der Waals surface area contributed by atoms with Gasteiger partial charge in [0.05, 0.1) is 21.5 Å². The van der Waals surface area contributed by atoms with Crippen molar-refractivity contribution in [1.82, 2.24) is 23.7 Å². The van der Waals surface area contributed by atoms with Gasteiger partial charge in [-0.3, -0.25) is 18.7 Å². The summed E-state index contributed by atoms with van der Waals surface area (Å²) in [4.78, 5) is 48.6. The second-order valence-electron chi connectivity index (χ2n) is 7.91. The fraction of sp³-hybridized carbons (Fsp3) is 0.160. The summed E-state index contributed by atoms with van der Waals surface area (Å²) in [6.45, 7) is 1.68. The monoisotopic (exact) mass is 486 g/mol. The number of nitrogens with one attached hydrogen (secondary N) is 1. The maximum absolute atomic E-state index is 13.1. The Balaban J connectivity index is 1.52. The van der Waals surface area contributed by atoms with Gasteiger partial charge in [0.15, 0.2) is 11.0 Å². The fourth-order valence-corrected chi connectivity index (χ4v) is 5.05. The Bertz CT molecular complexity index is 1660. The number of hydrogen-bond acceptors (Lipinski definition) is 6. The van der Waals surface area contributed by atoms with Crippen LogP contribution in [0, 0.1) is 0 Å². The first-order valence-electron chi connectivity index (χ1n) is 11.0. The Labute approximate surface area is 204 Å². The maximum atomic E-state index is 13.1. The van der Waals surface area contributed by atoms with Gasteiger partial charge in [-0.05, 0) is 19.1 Å². The van der Waals surface area contributed by atoms with E-state index in [0.717, 1.165) is 20.8 Å². The molecule has 0 saturated heterocycles. The highest BCUT2D eigenvalue weighted by Gasteiger charge is 2.20. The molecule has 2 aromatic carbocycles. The number of benzene rings is 2. The molecular weight excluding hydrogens is 464 g/mol. The molecule has 3 heterocycles. The summed E-state index contributed by atoms with van der Waals surface area (Å²) in [5.41, 5.74) is 1.14. The summed E-state index contributed by atoms with van der Waals surface area (Å²) in [6.07, 6.45) is 3.56. The van der Waals surface area contributed by atoms with Crippen molar-refractivity contribution in [2.75, 3.05) is 5.32 Å². The molecule has 35 heavy (non-hydrogen) atoms. The van der Waals surface area contributed by atoms with E-state index in [1.165, 1.54) is 15.9 Å². The van der Waals surface area contributed by atoms with Crippen LogP contribution < -0.4 is 16.6 Å². The van der Waals surface area contributed by atoms with Crippen LogP contribution >= 0.6 is 11.3 Å². The Morgan fingerprint density at radius 3 is 2.49 bits per heavy atom. The van der Waals surface area contributed by atoms with Crippen molar-refractivity contribution >= 4 is 33.3 Å². The van der Waals surface area contributed by atoms with E-state index in [1.807, 2.05) is 48.1 Å². The molecule has 176 valence electrons.